The summed E-state index contributed by atoms with van der Waals surface area (Å²) in [5.41, 5.74) is 4.47. The molecule has 1 unspecified atom stereocenters. The Balaban J connectivity index is 1.52. The minimum atomic E-state index is -0.822. The first-order valence-electron chi connectivity index (χ1n) is 15.1. The molecule has 0 bridgehead atoms. The molecule has 0 N–H and O–H groups in total. The normalized spacial score (nSPS) is 14.4. The smallest absolute Gasteiger partial charge is 0.338 e. The number of ether oxygens (including phenoxy) is 3. The Hall–Kier alpha value is -5.55. The molecule has 0 amide bonds. The molecule has 47 heavy (non-hydrogen) atoms. The van der Waals surface area contributed by atoms with Gasteiger partial charge in [0.1, 0.15) is 11.4 Å². The molecule has 6 rings (SSSR count). The van der Waals surface area contributed by atoms with Crippen molar-refractivity contribution in [1.82, 2.24) is 14.3 Å². The number of nitrogens with zero attached hydrogens (tertiary/aromatic N) is 4. The number of aromatic nitrogens is 3. The van der Waals surface area contributed by atoms with Crippen LogP contribution in [0.1, 0.15) is 48.3 Å². The van der Waals surface area contributed by atoms with E-state index < -0.39 is 18.0 Å². The van der Waals surface area contributed by atoms with E-state index in [1.807, 2.05) is 73.8 Å². The highest BCUT2D eigenvalue weighted by Gasteiger charge is 2.33. The molecule has 238 valence electrons. The van der Waals surface area contributed by atoms with Gasteiger partial charge in [-0.3, -0.25) is 9.36 Å². The molecule has 0 fully saturated rings. The average molecular weight is 649 g/mol. The second-order valence-electron chi connectivity index (χ2n) is 10.6. The number of esters is 2. The van der Waals surface area contributed by atoms with Gasteiger partial charge in [-0.2, -0.15) is 5.10 Å². The van der Waals surface area contributed by atoms with Crippen LogP contribution in [0.25, 0.3) is 23.0 Å². The van der Waals surface area contributed by atoms with Gasteiger partial charge in [0.05, 0.1) is 53.4 Å². The fraction of sp³-hybridized carbons (Fsp3) is 0.194. The summed E-state index contributed by atoms with van der Waals surface area (Å²) in [4.78, 5) is 44.8. The van der Waals surface area contributed by atoms with Crippen molar-refractivity contribution < 1.29 is 23.8 Å². The highest BCUT2D eigenvalue weighted by molar-refractivity contribution is 7.07. The van der Waals surface area contributed by atoms with Gasteiger partial charge in [0.15, 0.2) is 4.80 Å². The molecule has 0 saturated carbocycles. The highest BCUT2D eigenvalue weighted by Crippen LogP contribution is 2.31. The van der Waals surface area contributed by atoms with Crippen LogP contribution in [0.15, 0.2) is 106 Å². The van der Waals surface area contributed by atoms with Gasteiger partial charge < -0.3 is 14.2 Å². The van der Waals surface area contributed by atoms with Crippen LogP contribution in [0, 0.1) is 0 Å². The Bertz CT molecular complexity index is 2160. The second kappa shape index (κ2) is 13.4. The van der Waals surface area contributed by atoms with Gasteiger partial charge in [-0.25, -0.2) is 19.3 Å². The quantitative estimate of drug-likeness (QED) is 0.210. The topological polar surface area (TPSA) is 114 Å². The van der Waals surface area contributed by atoms with Crippen LogP contribution in [0.3, 0.4) is 0 Å². The maximum absolute atomic E-state index is 14.3. The predicted octanol–water partition coefficient (Wildman–Crippen LogP) is 4.84. The van der Waals surface area contributed by atoms with E-state index in [2.05, 4.69) is 4.99 Å². The maximum atomic E-state index is 14.3. The number of carbonyl (C=O) groups is 2. The van der Waals surface area contributed by atoms with Crippen LogP contribution in [-0.4, -0.2) is 46.6 Å². The fourth-order valence-corrected chi connectivity index (χ4v) is 6.51. The largest absolute Gasteiger partial charge is 0.494 e. The SMILES string of the molecule is CCOC(=O)C1=C(C)N=c2sc(=Cc3cn(-c4ccccc4)nc3-c3ccc(OCC)cc3)c(=O)n2C1c1ccc(C(=O)OC)cc1. The lowest BCUT2D eigenvalue weighted by Crippen LogP contribution is -2.40. The van der Waals surface area contributed by atoms with E-state index in [1.54, 1.807) is 42.8 Å². The number of carbonyl (C=O) groups excluding carboxylic acids is 2. The number of methoxy groups -OCH3 is 1. The van der Waals surface area contributed by atoms with E-state index in [1.165, 1.54) is 23.0 Å². The first kappa shape index (κ1) is 31.4. The summed E-state index contributed by atoms with van der Waals surface area (Å²) >= 11 is 1.23. The molecule has 0 saturated heterocycles. The molecule has 5 aromatic rings. The molecular formula is C36H32N4O6S. The Morgan fingerprint density at radius 3 is 2.32 bits per heavy atom. The van der Waals surface area contributed by atoms with Crippen LogP contribution < -0.4 is 19.6 Å². The number of allylic oxidation sites excluding steroid dienone is 1. The Morgan fingerprint density at radius 2 is 1.66 bits per heavy atom. The first-order chi connectivity index (χ1) is 22.8. The van der Waals surface area contributed by atoms with E-state index in [9.17, 15) is 14.4 Å². The number of hydrogen-bond donors (Lipinski definition) is 0. The van der Waals surface area contributed by atoms with Crippen LogP contribution >= 0.6 is 11.3 Å². The van der Waals surface area contributed by atoms with Gasteiger partial charge >= 0.3 is 11.9 Å². The minimum absolute atomic E-state index is 0.160. The molecular weight excluding hydrogens is 616 g/mol. The van der Waals surface area contributed by atoms with Gasteiger partial charge in [-0.1, -0.05) is 41.7 Å². The lowest BCUT2D eigenvalue weighted by atomic mass is 9.95. The summed E-state index contributed by atoms with van der Waals surface area (Å²) in [6.07, 6.45) is 3.69. The van der Waals surface area contributed by atoms with Crippen molar-refractivity contribution in [3.63, 3.8) is 0 Å². The zero-order valence-corrected chi connectivity index (χ0v) is 27.1. The van der Waals surface area contributed by atoms with Crippen LogP contribution in [0.2, 0.25) is 0 Å². The molecule has 10 nitrogen and oxygen atoms in total. The lowest BCUT2D eigenvalue weighted by Gasteiger charge is -2.24. The van der Waals surface area contributed by atoms with Gasteiger partial charge in [-0.05, 0) is 80.9 Å². The molecule has 1 aliphatic heterocycles. The van der Waals surface area contributed by atoms with E-state index in [0.29, 0.717) is 38.5 Å². The van der Waals surface area contributed by atoms with Gasteiger partial charge in [-0.15, -0.1) is 0 Å². The zero-order chi connectivity index (χ0) is 33.1. The average Bonchev–Trinajstić information content (AvgIpc) is 3.65. The third-order valence-electron chi connectivity index (χ3n) is 7.65. The van der Waals surface area contributed by atoms with E-state index in [4.69, 9.17) is 19.3 Å². The third-order valence-corrected chi connectivity index (χ3v) is 8.64. The van der Waals surface area contributed by atoms with Crippen LogP contribution in [0.5, 0.6) is 5.75 Å². The molecule has 2 aromatic heterocycles. The molecule has 3 heterocycles. The van der Waals surface area contributed by atoms with Crippen molar-refractivity contribution in [1.29, 1.82) is 0 Å². The fourth-order valence-electron chi connectivity index (χ4n) is 5.47. The van der Waals surface area contributed by atoms with Crippen molar-refractivity contribution in [2.45, 2.75) is 26.8 Å². The third kappa shape index (κ3) is 6.17. The maximum Gasteiger partial charge on any atom is 0.338 e. The van der Waals surface area contributed by atoms with Crippen molar-refractivity contribution in [2.24, 2.45) is 4.99 Å². The minimum Gasteiger partial charge on any atom is -0.494 e. The number of fused-ring (bicyclic) bond motifs is 1. The van der Waals surface area contributed by atoms with Gasteiger partial charge in [0.2, 0.25) is 0 Å². The Kier molecular flexibility index (Phi) is 8.99. The molecule has 3 aromatic carbocycles. The lowest BCUT2D eigenvalue weighted by molar-refractivity contribution is -0.139. The highest BCUT2D eigenvalue weighted by atomic mass is 32.1. The molecule has 0 spiro atoms. The standard InChI is InChI=1S/C36H32N4O6S/c1-5-45-28-18-16-23(17-19-28)31-26(21-39(38-31)27-10-8-7-9-11-27)20-29-33(41)40-32(24-12-14-25(15-13-24)34(42)44-4)30(35(43)46-6-2)22(3)37-36(40)47-29/h7-21,32H,5-6H2,1-4H3. The van der Waals surface area contributed by atoms with Crippen molar-refractivity contribution in [2.75, 3.05) is 20.3 Å². The summed E-state index contributed by atoms with van der Waals surface area (Å²) in [6, 6.07) is 23.2. The van der Waals surface area contributed by atoms with E-state index in [-0.39, 0.29) is 17.7 Å². The van der Waals surface area contributed by atoms with E-state index in [0.717, 1.165) is 22.6 Å². The van der Waals surface area contributed by atoms with Gasteiger partial charge in [0.25, 0.3) is 5.56 Å². The Labute approximate surface area is 274 Å². The summed E-state index contributed by atoms with van der Waals surface area (Å²) < 4.78 is 19.6. The summed E-state index contributed by atoms with van der Waals surface area (Å²) in [5, 5.41) is 4.90. The van der Waals surface area contributed by atoms with Crippen molar-refractivity contribution in [3.8, 4) is 22.7 Å². The summed E-state index contributed by atoms with van der Waals surface area (Å²) in [6.45, 7) is 6.10. The molecule has 1 atom stereocenters. The van der Waals surface area contributed by atoms with E-state index >= 15 is 0 Å². The molecule has 0 aliphatic carbocycles. The van der Waals surface area contributed by atoms with Crippen molar-refractivity contribution in [3.05, 3.63) is 133 Å². The summed E-state index contributed by atoms with van der Waals surface area (Å²) in [5.74, 6) is -0.301. The Morgan fingerprint density at radius 1 is 0.936 bits per heavy atom. The monoisotopic (exact) mass is 648 g/mol. The molecule has 1 aliphatic rings. The first-order valence-corrected chi connectivity index (χ1v) is 15.9. The van der Waals surface area contributed by atoms with Gasteiger partial charge in [0, 0.05) is 17.3 Å². The second-order valence-corrected chi connectivity index (χ2v) is 11.6. The van der Waals surface area contributed by atoms with Crippen molar-refractivity contribution >= 4 is 29.4 Å². The summed E-state index contributed by atoms with van der Waals surface area (Å²) in [7, 11) is 1.31. The number of hydrogen-bond acceptors (Lipinski definition) is 9. The predicted molar refractivity (Wildman–Crippen MR) is 178 cm³/mol. The number of rotatable bonds is 9. The molecule has 0 radical (unpaired) electrons. The molecule has 11 heteroatoms. The number of benzene rings is 3. The number of thiazole rings is 1. The zero-order valence-electron chi connectivity index (χ0n) is 26.3. The van der Waals surface area contributed by atoms with Crippen LogP contribution in [-0.2, 0) is 14.3 Å². The van der Waals surface area contributed by atoms with Crippen LogP contribution in [0.4, 0.5) is 0 Å². The number of para-hydroxylation sites is 1.